The molecule has 0 aromatic rings. The first-order valence-electron chi connectivity index (χ1n) is 1.56. The van der Waals surface area contributed by atoms with Crippen LogP contribution in [-0.4, -0.2) is 26.8 Å². The monoisotopic (exact) mass is 170 g/mol. The average Bonchev–Trinajstić information content (AvgIpc) is 1.19. The molecule has 3 nitrogen and oxygen atoms in total. The summed E-state index contributed by atoms with van der Waals surface area (Å²) in [6.07, 6.45) is 0.604. The van der Waals surface area contributed by atoms with Crippen LogP contribution in [0.5, 0.6) is 0 Å². The molecule has 9 heteroatoms. The van der Waals surface area contributed by atoms with E-state index in [2.05, 4.69) is 0 Å². The summed E-state index contributed by atoms with van der Waals surface area (Å²) in [5.41, 5.74) is 0. The maximum absolute atomic E-state index is 9.67. The van der Waals surface area contributed by atoms with Crippen LogP contribution >= 0.6 is 0 Å². The SMILES string of the molecule is CS(=O)(=O)[O-].FB(F)F.[Li+]. The third-order valence-corrected chi connectivity index (χ3v) is 0. The van der Waals surface area contributed by atoms with Crippen molar-refractivity contribution in [2.45, 2.75) is 0 Å². The van der Waals surface area contributed by atoms with Gasteiger partial charge in [-0.2, -0.15) is 0 Å². The van der Waals surface area contributed by atoms with Gasteiger partial charge in [-0.3, -0.25) is 12.9 Å². The fraction of sp³-hybridized carbons (Fsp3) is 1.00. The summed E-state index contributed by atoms with van der Waals surface area (Å²) in [6, 6.07) is 0. The summed E-state index contributed by atoms with van der Waals surface area (Å²) >= 11 is 0. The first-order chi connectivity index (χ1) is 3.73. The van der Waals surface area contributed by atoms with Gasteiger partial charge in [0.25, 0.3) is 0 Å². The molecule has 0 aromatic heterocycles. The van der Waals surface area contributed by atoms with Gasteiger partial charge in [-0.05, 0) is 0 Å². The van der Waals surface area contributed by atoms with E-state index in [0.29, 0.717) is 6.26 Å². The van der Waals surface area contributed by atoms with Crippen molar-refractivity contribution in [2.24, 2.45) is 0 Å². The summed E-state index contributed by atoms with van der Waals surface area (Å²) in [6.45, 7) is 0. The second kappa shape index (κ2) is 7.47. The van der Waals surface area contributed by atoms with Gasteiger partial charge in [0, 0.05) is 6.26 Å². The molecule has 10 heavy (non-hydrogen) atoms. The Hall–Kier alpha value is 0.362. The number of rotatable bonds is 0. The Morgan fingerprint density at radius 1 is 1.30 bits per heavy atom. The van der Waals surface area contributed by atoms with Gasteiger partial charge < -0.3 is 4.55 Å². The van der Waals surface area contributed by atoms with Gasteiger partial charge in [-0.15, -0.1) is 0 Å². The zero-order valence-corrected chi connectivity index (χ0v) is 6.16. The number of halogens is 3. The molecular formula is CH3BF3LiO3S. The van der Waals surface area contributed by atoms with E-state index >= 15 is 0 Å². The van der Waals surface area contributed by atoms with E-state index < -0.39 is 17.7 Å². The van der Waals surface area contributed by atoms with Crippen molar-refractivity contribution in [1.29, 1.82) is 0 Å². The Kier molecular flexibility index (Phi) is 12.5. The van der Waals surface area contributed by atoms with E-state index in [-0.39, 0.29) is 18.9 Å². The zero-order valence-electron chi connectivity index (χ0n) is 5.34. The van der Waals surface area contributed by atoms with Gasteiger partial charge in [0.1, 0.15) is 0 Å². The molecule has 0 heterocycles. The van der Waals surface area contributed by atoms with E-state index in [1.165, 1.54) is 0 Å². The second-order valence-corrected chi connectivity index (χ2v) is 2.36. The second-order valence-electron chi connectivity index (χ2n) is 0.952. The Bertz CT molecular complexity index is 135. The van der Waals surface area contributed by atoms with Gasteiger partial charge >= 0.3 is 26.4 Å². The van der Waals surface area contributed by atoms with Crippen molar-refractivity contribution >= 4 is 17.7 Å². The third kappa shape index (κ3) is 3450. The minimum atomic E-state index is -3.92. The first-order valence-corrected chi connectivity index (χ1v) is 3.38. The van der Waals surface area contributed by atoms with E-state index in [1.54, 1.807) is 0 Å². The van der Waals surface area contributed by atoms with Gasteiger partial charge in [-0.1, -0.05) is 0 Å². The van der Waals surface area contributed by atoms with Crippen molar-refractivity contribution in [3.8, 4) is 0 Å². The van der Waals surface area contributed by atoms with E-state index in [0.717, 1.165) is 0 Å². The standard InChI is InChI=1S/CH4O3S.BF3.Li/c1-5(2,3)4;2-1(3)4;/h1H3,(H,2,3,4);;/q;;+1/p-1. The van der Waals surface area contributed by atoms with Gasteiger partial charge in [0.15, 0.2) is 0 Å². The Labute approximate surface area is 69.1 Å². The molecule has 0 unspecified atom stereocenters. The molecule has 0 atom stereocenters. The minimum absolute atomic E-state index is 0. The van der Waals surface area contributed by atoms with Crippen LogP contribution in [-0.2, 0) is 10.1 Å². The van der Waals surface area contributed by atoms with Crippen molar-refractivity contribution in [1.82, 2.24) is 0 Å². The summed E-state index contributed by atoms with van der Waals surface area (Å²) in [4.78, 5) is 0. The van der Waals surface area contributed by atoms with Crippen LogP contribution in [0.1, 0.15) is 0 Å². The van der Waals surface area contributed by atoms with Crippen molar-refractivity contribution in [3.05, 3.63) is 0 Å². The summed E-state index contributed by atoms with van der Waals surface area (Å²) in [5, 5.41) is 0. The predicted octanol–water partition coefficient (Wildman–Crippen LogP) is -2.95. The quantitative estimate of drug-likeness (QED) is 0.288. The molecule has 0 aliphatic heterocycles. The molecule has 0 aliphatic carbocycles. The predicted molar refractivity (Wildman–Crippen MR) is 24.7 cm³/mol. The van der Waals surface area contributed by atoms with Crippen LogP contribution in [0.25, 0.3) is 0 Å². The fourth-order valence-corrected chi connectivity index (χ4v) is 0. The molecular weight excluding hydrogens is 167 g/mol. The van der Waals surface area contributed by atoms with Crippen molar-refractivity contribution in [2.75, 3.05) is 6.26 Å². The summed E-state index contributed by atoms with van der Waals surface area (Å²) in [5.74, 6) is 0. The minimum Gasteiger partial charge on any atom is -0.748 e. The maximum Gasteiger partial charge on any atom is 1.00 e. The molecule has 0 spiro atoms. The first kappa shape index (κ1) is 16.8. The molecule has 0 amide bonds. The van der Waals surface area contributed by atoms with Crippen molar-refractivity contribution < 1.29 is 44.8 Å². The smallest absolute Gasteiger partial charge is 0.748 e. The Balaban J connectivity index is -0.0000000910. The van der Waals surface area contributed by atoms with Gasteiger partial charge in [-0.25, -0.2) is 8.42 Å². The van der Waals surface area contributed by atoms with Crippen LogP contribution in [0, 0.1) is 0 Å². The topological polar surface area (TPSA) is 57.2 Å². The van der Waals surface area contributed by atoms with Crippen LogP contribution in [0.15, 0.2) is 0 Å². The molecule has 0 saturated carbocycles. The fourth-order valence-electron chi connectivity index (χ4n) is 0. The molecule has 0 rings (SSSR count). The molecule has 0 N–H and O–H groups in total. The molecule has 0 bridgehead atoms. The maximum atomic E-state index is 9.67. The van der Waals surface area contributed by atoms with Crippen molar-refractivity contribution in [3.63, 3.8) is 0 Å². The average molecular weight is 170 g/mol. The van der Waals surface area contributed by atoms with Gasteiger partial charge in [0.05, 0.1) is 10.1 Å². The molecule has 0 aromatic carbocycles. The van der Waals surface area contributed by atoms with E-state index in [4.69, 9.17) is 13.0 Å². The van der Waals surface area contributed by atoms with Crippen LogP contribution < -0.4 is 18.9 Å². The van der Waals surface area contributed by atoms with Crippen LogP contribution in [0.4, 0.5) is 12.9 Å². The molecule has 0 aliphatic rings. The molecule has 0 saturated heterocycles. The zero-order chi connectivity index (χ0) is 8.08. The summed E-state index contributed by atoms with van der Waals surface area (Å²) < 4.78 is 56.2. The number of hydrogen-bond acceptors (Lipinski definition) is 3. The Morgan fingerprint density at radius 3 is 1.30 bits per heavy atom. The van der Waals surface area contributed by atoms with Crippen LogP contribution in [0.2, 0.25) is 0 Å². The largest absolute Gasteiger partial charge is 1.00 e. The van der Waals surface area contributed by atoms with Gasteiger partial charge in [0.2, 0.25) is 0 Å². The molecule has 0 radical (unpaired) electrons. The normalized spacial score (nSPS) is 8.50. The third-order valence-electron chi connectivity index (χ3n) is 0. The number of hydrogen-bond donors (Lipinski definition) is 0. The Morgan fingerprint density at radius 2 is 1.30 bits per heavy atom. The van der Waals surface area contributed by atoms with Crippen LogP contribution in [0.3, 0.4) is 0 Å². The van der Waals surface area contributed by atoms with E-state index in [9.17, 15) is 12.9 Å². The summed E-state index contributed by atoms with van der Waals surface area (Å²) in [7, 11) is -7.58. The van der Waals surface area contributed by atoms with E-state index in [1.807, 2.05) is 0 Å². The molecule has 0 fully saturated rings. The molecule has 56 valence electrons.